The van der Waals surface area contributed by atoms with Crippen molar-refractivity contribution in [2.45, 2.75) is 83.2 Å². The Labute approximate surface area is 174 Å². The first-order valence-corrected chi connectivity index (χ1v) is 17.8. The number of allylic oxidation sites excluding steroid dienone is 2. The second kappa shape index (κ2) is 6.95. The van der Waals surface area contributed by atoms with Crippen LogP contribution in [0.1, 0.15) is 43.2 Å². The van der Waals surface area contributed by atoms with Crippen molar-refractivity contribution in [3.8, 4) is 0 Å². The quantitative estimate of drug-likeness (QED) is 0.449. The molecule has 3 rings (SSSR count). The Morgan fingerprint density at radius 3 is 2.00 bits per heavy atom. The van der Waals surface area contributed by atoms with Gasteiger partial charge >= 0.3 is 0 Å². The Kier molecular flexibility index (Phi) is 5.34. The zero-order valence-electron chi connectivity index (χ0n) is 18.9. The van der Waals surface area contributed by atoms with E-state index in [2.05, 4.69) is 64.6 Å². The van der Waals surface area contributed by atoms with E-state index in [4.69, 9.17) is 0 Å². The average Bonchev–Trinajstić information content (AvgIpc) is 2.55. The number of rotatable bonds is 6. The summed E-state index contributed by atoms with van der Waals surface area (Å²) in [4.78, 5) is 13.0. The summed E-state index contributed by atoms with van der Waals surface area (Å²) >= 11 is 0. The van der Waals surface area contributed by atoms with Gasteiger partial charge in [0.25, 0.3) is 0 Å². The lowest BCUT2D eigenvalue weighted by Gasteiger charge is -2.54. The van der Waals surface area contributed by atoms with Gasteiger partial charge in [0.1, 0.15) is 5.78 Å². The first kappa shape index (κ1) is 21.5. The number of carbonyl (C=O) groups is 1. The minimum absolute atomic E-state index is 0.196. The summed E-state index contributed by atoms with van der Waals surface area (Å²) in [7, 11) is -2.81. The number of carbonyl (C=O) groups excluding carboxylic acids is 1. The van der Waals surface area contributed by atoms with E-state index in [1.54, 1.807) is 21.5 Å². The molecule has 152 valence electrons. The van der Waals surface area contributed by atoms with Crippen molar-refractivity contribution in [2.75, 3.05) is 0 Å². The first-order chi connectivity index (χ1) is 12.9. The lowest BCUT2D eigenvalue weighted by molar-refractivity contribution is -0.133. The molecule has 2 aliphatic carbocycles. The van der Waals surface area contributed by atoms with Crippen molar-refractivity contribution in [1.29, 1.82) is 0 Å². The molecule has 2 aliphatic rings. The Bertz CT molecular complexity index is 812. The van der Waals surface area contributed by atoms with Gasteiger partial charge in [-0.1, -0.05) is 73.9 Å². The second-order valence-corrected chi connectivity index (χ2v) is 21.5. The summed E-state index contributed by atoms with van der Waals surface area (Å²) in [5.41, 5.74) is 3.04. The highest BCUT2D eigenvalue weighted by Crippen LogP contribution is 2.56. The Hall–Kier alpha value is -1.20. The Balaban J connectivity index is 2.10. The van der Waals surface area contributed by atoms with E-state index in [9.17, 15) is 4.79 Å². The smallest absolute Gasteiger partial charge is 0.139 e. The van der Waals surface area contributed by atoms with Crippen LogP contribution in [0.4, 0.5) is 0 Å². The fourth-order valence-electron chi connectivity index (χ4n) is 5.72. The van der Waals surface area contributed by atoms with Crippen LogP contribution in [0, 0.1) is 5.41 Å². The molecular formula is C25H38OSi2. The molecule has 0 aromatic heterocycles. The van der Waals surface area contributed by atoms with E-state index in [-0.39, 0.29) is 10.8 Å². The summed E-state index contributed by atoms with van der Waals surface area (Å²) in [5.74, 6) is 0.426. The molecule has 1 aromatic rings. The number of hydrogen-bond donors (Lipinski definition) is 0. The van der Waals surface area contributed by atoms with E-state index >= 15 is 0 Å². The minimum atomic E-state index is -1.43. The molecule has 1 atom stereocenters. The molecule has 1 saturated carbocycles. The number of fused-ring (bicyclic) bond motifs is 2. The third kappa shape index (κ3) is 3.45. The zero-order chi connectivity index (χ0) is 21.0. The van der Waals surface area contributed by atoms with Gasteiger partial charge in [-0.3, -0.25) is 4.79 Å². The van der Waals surface area contributed by atoms with E-state index in [1.807, 2.05) is 12.2 Å². The largest absolute Gasteiger partial charge is 0.299 e. The van der Waals surface area contributed by atoms with E-state index in [0.29, 0.717) is 12.2 Å². The standard InChI is InChI=1S/C25H38OSi2/c1-9-12-24(13-10-2)18-25(14-11-23(24)26)17-19-15-21(27(3,4)5)22(16-20(19)25)28(6,7)8/h9-10,15-16H,1-2,11-14,17-18H2,3-8H3. The molecule has 1 nitrogen and oxygen atoms in total. The van der Waals surface area contributed by atoms with E-state index < -0.39 is 16.1 Å². The maximum Gasteiger partial charge on any atom is 0.139 e. The van der Waals surface area contributed by atoms with Crippen molar-refractivity contribution in [3.63, 3.8) is 0 Å². The highest BCUT2D eigenvalue weighted by molar-refractivity contribution is 6.98. The van der Waals surface area contributed by atoms with Crippen molar-refractivity contribution >= 4 is 32.3 Å². The summed E-state index contributed by atoms with van der Waals surface area (Å²) in [6, 6.07) is 5.17. The molecule has 0 amide bonds. The van der Waals surface area contributed by atoms with Crippen LogP contribution in [0.5, 0.6) is 0 Å². The minimum Gasteiger partial charge on any atom is -0.299 e. The predicted molar refractivity (Wildman–Crippen MR) is 129 cm³/mol. The van der Waals surface area contributed by atoms with E-state index in [1.165, 1.54) is 0 Å². The summed E-state index contributed by atoms with van der Waals surface area (Å²) in [6.45, 7) is 22.8. The van der Waals surface area contributed by atoms with Crippen LogP contribution in [-0.4, -0.2) is 21.9 Å². The molecule has 1 unspecified atom stereocenters. The van der Waals surface area contributed by atoms with Crippen molar-refractivity contribution in [2.24, 2.45) is 5.41 Å². The number of benzene rings is 1. The number of Topliss-reactive ketones (excluding diaryl/α,β-unsaturated/α-hetero) is 1. The molecule has 0 bridgehead atoms. The molecular weight excluding hydrogens is 372 g/mol. The zero-order valence-corrected chi connectivity index (χ0v) is 20.9. The molecule has 1 fully saturated rings. The molecule has 1 spiro atoms. The summed E-state index contributed by atoms with van der Waals surface area (Å²) in [5, 5.41) is 3.34. The van der Waals surface area contributed by atoms with Crippen LogP contribution in [0.15, 0.2) is 37.4 Å². The van der Waals surface area contributed by atoms with Gasteiger partial charge in [0, 0.05) is 17.3 Å². The highest BCUT2D eigenvalue weighted by atomic mass is 28.3. The Morgan fingerprint density at radius 2 is 1.50 bits per heavy atom. The lowest BCUT2D eigenvalue weighted by atomic mass is 9.50. The fourth-order valence-corrected chi connectivity index (χ4v) is 10.9. The van der Waals surface area contributed by atoms with Gasteiger partial charge < -0.3 is 0 Å². The van der Waals surface area contributed by atoms with Gasteiger partial charge in [0.05, 0.1) is 16.1 Å². The third-order valence-electron chi connectivity index (χ3n) is 7.13. The molecule has 0 aliphatic heterocycles. The first-order valence-electron chi connectivity index (χ1n) is 10.8. The second-order valence-electron chi connectivity index (χ2n) is 11.4. The van der Waals surface area contributed by atoms with Crippen molar-refractivity contribution < 1.29 is 4.79 Å². The third-order valence-corrected chi connectivity index (χ3v) is 11.4. The van der Waals surface area contributed by atoms with Gasteiger partial charge in [0.15, 0.2) is 0 Å². The molecule has 28 heavy (non-hydrogen) atoms. The molecule has 0 radical (unpaired) electrons. The van der Waals surface area contributed by atoms with Crippen LogP contribution >= 0.6 is 0 Å². The van der Waals surface area contributed by atoms with Crippen molar-refractivity contribution in [1.82, 2.24) is 0 Å². The van der Waals surface area contributed by atoms with Crippen LogP contribution in [0.2, 0.25) is 39.3 Å². The fraction of sp³-hybridized carbons (Fsp3) is 0.560. The average molecular weight is 411 g/mol. The number of hydrogen-bond acceptors (Lipinski definition) is 1. The van der Waals surface area contributed by atoms with Crippen molar-refractivity contribution in [3.05, 3.63) is 48.6 Å². The molecule has 0 N–H and O–H groups in total. The van der Waals surface area contributed by atoms with Gasteiger partial charge in [-0.15, -0.1) is 13.2 Å². The van der Waals surface area contributed by atoms with Gasteiger partial charge in [-0.05, 0) is 43.2 Å². The summed E-state index contributed by atoms with van der Waals surface area (Å²) < 4.78 is 0. The highest BCUT2D eigenvalue weighted by Gasteiger charge is 2.54. The molecule has 0 saturated heterocycles. The van der Waals surface area contributed by atoms with Gasteiger partial charge in [-0.25, -0.2) is 0 Å². The van der Waals surface area contributed by atoms with Gasteiger partial charge in [-0.2, -0.15) is 0 Å². The van der Waals surface area contributed by atoms with Crippen LogP contribution in [-0.2, 0) is 16.6 Å². The van der Waals surface area contributed by atoms with Crippen LogP contribution in [0.25, 0.3) is 0 Å². The van der Waals surface area contributed by atoms with Crippen LogP contribution < -0.4 is 10.4 Å². The number of ketones is 1. The topological polar surface area (TPSA) is 17.1 Å². The maximum atomic E-state index is 13.0. The molecule has 3 heteroatoms. The molecule has 0 heterocycles. The van der Waals surface area contributed by atoms with Crippen LogP contribution in [0.3, 0.4) is 0 Å². The maximum absolute atomic E-state index is 13.0. The predicted octanol–water partition coefficient (Wildman–Crippen LogP) is 5.46. The summed E-state index contributed by atoms with van der Waals surface area (Å²) in [6.07, 6.45) is 9.30. The Morgan fingerprint density at radius 1 is 0.964 bits per heavy atom. The van der Waals surface area contributed by atoms with E-state index in [0.717, 1.165) is 32.1 Å². The monoisotopic (exact) mass is 410 g/mol. The SMILES string of the molecule is C=CCC1(CC=C)CC2(CCC1=O)Cc1cc([Si](C)(C)C)c([Si](C)(C)C)cc12. The lowest BCUT2D eigenvalue weighted by Crippen LogP contribution is -2.59. The normalized spacial score (nSPS) is 23.9. The van der Waals surface area contributed by atoms with Gasteiger partial charge in [0.2, 0.25) is 0 Å². The molecule has 1 aromatic carbocycles.